The molecule has 1 saturated heterocycles. The van der Waals surface area contributed by atoms with Crippen LogP contribution in [0.3, 0.4) is 0 Å². The number of fused-ring (bicyclic) bond motifs is 3. The third-order valence-corrected chi connectivity index (χ3v) is 5.32. The normalized spacial score (nSPS) is 19.0. The Balaban J connectivity index is 1.56. The predicted octanol–water partition coefficient (Wildman–Crippen LogP) is 2.95. The molecule has 1 unspecified atom stereocenters. The highest BCUT2D eigenvalue weighted by Gasteiger charge is 2.37. The summed E-state index contributed by atoms with van der Waals surface area (Å²) in [6.45, 7) is 1.39. The zero-order valence-corrected chi connectivity index (χ0v) is 14.9. The van der Waals surface area contributed by atoms with E-state index in [1.807, 2.05) is 48.5 Å². The summed E-state index contributed by atoms with van der Waals surface area (Å²) in [6, 6.07) is 15.4. The van der Waals surface area contributed by atoms with E-state index in [0.717, 1.165) is 42.7 Å². The molecule has 0 spiro atoms. The van der Waals surface area contributed by atoms with Crippen molar-refractivity contribution in [3.05, 3.63) is 59.7 Å². The van der Waals surface area contributed by atoms with Gasteiger partial charge >= 0.3 is 0 Å². The molecular formula is C21H23N3O2. The van der Waals surface area contributed by atoms with E-state index in [1.54, 1.807) is 11.9 Å². The van der Waals surface area contributed by atoms with Crippen LogP contribution < -0.4 is 15.1 Å². The molecule has 5 nitrogen and oxygen atoms in total. The molecule has 2 aromatic rings. The summed E-state index contributed by atoms with van der Waals surface area (Å²) >= 11 is 0. The summed E-state index contributed by atoms with van der Waals surface area (Å²) in [7, 11) is 1.80. The maximum Gasteiger partial charge on any atom is 0.251 e. The molecule has 0 aromatic heterocycles. The van der Waals surface area contributed by atoms with Crippen LogP contribution in [0.25, 0.3) is 0 Å². The molecule has 2 aliphatic heterocycles. The molecule has 4 rings (SSSR count). The molecule has 1 fully saturated rings. The zero-order valence-electron chi connectivity index (χ0n) is 14.9. The van der Waals surface area contributed by atoms with Gasteiger partial charge < -0.3 is 15.1 Å². The lowest BCUT2D eigenvalue weighted by molar-refractivity contribution is -0.120. The van der Waals surface area contributed by atoms with Crippen LogP contribution >= 0.6 is 0 Å². The molecule has 5 heteroatoms. The standard InChI is InChI=1S/C21H23N3O2/c1-23-19-13-16(20(25)22-14-15-7-3-2-4-8-15)10-11-17(19)24-12-6-5-9-18(24)21(23)26/h2-4,7-8,10-11,13,18H,5-6,9,12,14H2,1H3,(H,22,25). The maximum absolute atomic E-state index is 12.7. The number of nitrogens with zero attached hydrogens (tertiary/aromatic N) is 2. The van der Waals surface area contributed by atoms with Crippen LogP contribution in [0.15, 0.2) is 48.5 Å². The minimum absolute atomic E-state index is 0.0565. The Hall–Kier alpha value is -2.82. The number of piperidine rings is 1. The quantitative estimate of drug-likeness (QED) is 0.927. The van der Waals surface area contributed by atoms with E-state index in [-0.39, 0.29) is 17.9 Å². The lowest BCUT2D eigenvalue weighted by Gasteiger charge is -2.44. The van der Waals surface area contributed by atoms with Crippen molar-refractivity contribution in [2.75, 3.05) is 23.4 Å². The Morgan fingerprint density at radius 2 is 1.92 bits per heavy atom. The van der Waals surface area contributed by atoms with Crippen LogP contribution in [0.4, 0.5) is 11.4 Å². The number of hydrogen-bond donors (Lipinski definition) is 1. The van der Waals surface area contributed by atoms with Crippen LogP contribution in [0, 0.1) is 0 Å². The molecule has 1 N–H and O–H groups in total. The first-order valence-corrected chi connectivity index (χ1v) is 9.15. The molecule has 2 amide bonds. The van der Waals surface area contributed by atoms with Gasteiger partial charge in [0.15, 0.2) is 0 Å². The molecule has 0 bridgehead atoms. The summed E-state index contributed by atoms with van der Waals surface area (Å²) < 4.78 is 0. The molecule has 26 heavy (non-hydrogen) atoms. The van der Waals surface area contributed by atoms with Gasteiger partial charge in [0.2, 0.25) is 5.91 Å². The smallest absolute Gasteiger partial charge is 0.251 e. The molecule has 2 aliphatic rings. The number of anilines is 2. The number of hydrogen-bond acceptors (Lipinski definition) is 3. The van der Waals surface area contributed by atoms with Crippen LogP contribution in [0.5, 0.6) is 0 Å². The van der Waals surface area contributed by atoms with E-state index in [4.69, 9.17) is 0 Å². The SMILES string of the molecule is CN1C(=O)C2CCCCN2c2ccc(C(=O)NCc3ccccc3)cc21. The summed E-state index contributed by atoms with van der Waals surface area (Å²) in [4.78, 5) is 29.1. The second-order valence-corrected chi connectivity index (χ2v) is 6.97. The Bertz CT molecular complexity index is 834. The second-order valence-electron chi connectivity index (χ2n) is 6.97. The largest absolute Gasteiger partial charge is 0.358 e. The number of rotatable bonds is 3. The third kappa shape index (κ3) is 2.94. The molecule has 0 aliphatic carbocycles. The van der Waals surface area contributed by atoms with E-state index in [2.05, 4.69) is 10.2 Å². The molecule has 0 saturated carbocycles. The average molecular weight is 349 g/mol. The van der Waals surface area contributed by atoms with Gasteiger partial charge in [0, 0.05) is 25.7 Å². The minimum Gasteiger partial charge on any atom is -0.358 e. The Morgan fingerprint density at radius 1 is 1.12 bits per heavy atom. The molecule has 134 valence electrons. The van der Waals surface area contributed by atoms with Crippen LogP contribution in [-0.4, -0.2) is 31.4 Å². The molecule has 2 heterocycles. The van der Waals surface area contributed by atoms with Gasteiger partial charge in [0.05, 0.1) is 11.4 Å². The lowest BCUT2D eigenvalue weighted by Crippen LogP contribution is -2.54. The predicted molar refractivity (Wildman–Crippen MR) is 102 cm³/mol. The van der Waals surface area contributed by atoms with E-state index < -0.39 is 0 Å². The van der Waals surface area contributed by atoms with Crippen LogP contribution in [0.1, 0.15) is 35.2 Å². The van der Waals surface area contributed by atoms with Crippen LogP contribution in [0.2, 0.25) is 0 Å². The number of carbonyl (C=O) groups excluding carboxylic acids is 2. The number of likely N-dealkylation sites (N-methyl/N-ethyl adjacent to an activating group) is 1. The second kappa shape index (κ2) is 6.83. The lowest BCUT2D eigenvalue weighted by atomic mass is 9.96. The van der Waals surface area contributed by atoms with E-state index in [9.17, 15) is 9.59 Å². The van der Waals surface area contributed by atoms with Gasteiger partial charge in [-0.25, -0.2) is 0 Å². The first-order chi connectivity index (χ1) is 12.6. The Labute approximate surface area is 153 Å². The fourth-order valence-electron chi connectivity index (χ4n) is 3.88. The maximum atomic E-state index is 12.7. The van der Waals surface area contributed by atoms with Crippen molar-refractivity contribution >= 4 is 23.2 Å². The van der Waals surface area contributed by atoms with Crippen molar-refractivity contribution in [2.45, 2.75) is 31.8 Å². The highest BCUT2D eigenvalue weighted by molar-refractivity contribution is 6.07. The highest BCUT2D eigenvalue weighted by Crippen LogP contribution is 2.39. The van der Waals surface area contributed by atoms with Crippen LogP contribution in [-0.2, 0) is 11.3 Å². The number of benzene rings is 2. The van der Waals surface area contributed by atoms with E-state index in [1.165, 1.54) is 0 Å². The summed E-state index contributed by atoms with van der Waals surface area (Å²) in [5, 5.41) is 2.95. The van der Waals surface area contributed by atoms with Gasteiger partial charge in [-0.2, -0.15) is 0 Å². The summed E-state index contributed by atoms with van der Waals surface area (Å²) in [5.41, 5.74) is 3.51. The van der Waals surface area contributed by atoms with Gasteiger partial charge in [-0.1, -0.05) is 30.3 Å². The zero-order chi connectivity index (χ0) is 18.1. The topological polar surface area (TPSA) is 52.7 Å². The molecule has 2 aromatic carbocycles. The van der Waals surface area contributed by atoms with Gasteiger partial charge in [-0.15, -0.1) is 0 Å². The van der Waals surface area contributed by atoms with Crippen molar-refractivity contribution in [3.8, 4) is 0 Å². The minimum atomic E-state index is -0.127. The number of carbonyl (C=O) groups is 2. The summed E-state index contributed by atoms with van der Waals surface area (Å²) in [5.74, 6) is -0.00249. The fraction of sp³-hybridized carbons (Fsp3) is 0.333. The first kappa shape index (κ1) is 16.6. The van der Waals surface area contributed by atoms with Crippen molar-refractivity contribution < 1.29 is 9.59 Å². The highest BCUT2D eigenvalue weighted by atomic mass is 16.2. The van der Waals surface area contributed by atoms with Crippen molar-refractivity contribution in [3.63, 3.8) is 0 Å². The monoisotopic (exact) mass is 349 g/mol. The molecule has 0 radical (unpaired) electrons. The fourth-order valence-corrected chi connectivity index (χ4v) is 3.88. The van der Waals surface area contributed by atoms with Gasteiger partial charge in [-0.05, 0) is 43.0 Å². The Morgan fingerprint density at radius 3 is 2.73 bits per heavy atom. The summed E-state index contributed by atoms with van der Waals surface area (Å²) in [6.07, 6.45) is 3.10. The number of nitrogens with one attached hydrogen (secondary N) is 1. The van der Waals surface area contributed by atoms with E-state index >= 15 is 0 Å². The average Bonchev–Trinajstić information content (AvgIpc) is 2.70. The first-order valence-electron chi connectivity index (χ1n) is 9.15. The number of amides is 2. The molecular weight excluding hydrogens is 326 g/mol. The van der Waals surface area contributed by atoms with Gasteiger partial charge in [0.25, 0.3) is 5.91 Å². The van der Waals surface area contributed by atoms with Crippen molar-refractivity contribution in [1.82, 2.24) is 5.32 Å². The van der Waals surface area contributed by atoms with E-state index in [0.29, 0.717) is 12.1 Å². The van der Waals surface area contributed by atoms with Crippen molar-refractivity contribution in [1.29, 1.82) is 0 Å². The van der Waals surface area contributed by atoms with Gasteiger partial charge in [0.1, 0.15) is 6.04 Å². The third-order valence-electron chi connectivity index (χ3n) is 5.32. The van der Waals surface area contributed by atoms with Crippen molar-refractivity contribution in [2.24, 2.45) is 0 Å². The Kier molecular flexibility index (Phi) is 4.37. The van der Waals surface area contributed by atoms with Gasteiger partial charge in [-0.3, -0.25) is 9.59 Å². The molecule has 1 atom stereocenters.